The summed E-state index contributed by atoms with van der Waals surface area (Å²) >= 11 is 5.79. The summed E-state index contributed by atoms with van der Waals surface area (Å²) in [5.74, 6) is 0. The van der Waals surface area contributed by atoms with Gasteiger partial charge in [-0.15, -0.1) is 0 Å². The first-order valence-electron chi connectivity index (χ1n) is 4.14. The Balaban J connectivity index is 2.31. The fourth-order valence-electron chi connectivity index (χ4n) is 1.56. The van der Waals surface area contributed by atoms with Crippen LogP contribution in [-0.2, 0) is 5.41 Å². The molecule has 2 rings (SSSR count). The van der Waals surface area contributed by atoms with Crippen LogP contribution in [0.4, 0.5) is 0 Å². The van der Waals surface area contributed by atoms with E-state index < -0.39 is 0 Å². The molecule has 1 aliphatic carbocycles. The van der Waals surface area contributed by atoms with E-state index in [-0.39, 0.29) is 5.41 Å². The second kappa shape index (κ2) is 2.48. The van der Waals surface area contributed by atoms with Crippen molar-refractivity contribution < 1.29 is 0 Å². The van der Waals surface area contributed by atoms with Crippen molar-refractivity contribution in [3.05, 3.63) is 34.9 Å². The average molecular weight is 182 g/mol. The Morgan fingerprint density at radius 3 is 2.33 bits per heavy atom. The Bertz CT molecular complexity index is 293. The molecule has 0 amide bonds. The summed E-state index contributed by atoms with van der Waals surface area (Å²) in [6, 6.07) is 8.31. The number of benzene rings is 1. The van der Waals surface area contributed by atoms with Gasteiger partial charge in [-0.2, -0.15) is 0 Å². The smallest absolute Gasteiger partial charge is 0.0406 e. The molecule has 0 heterocycles. The van der Waals surface area contributed by atoms with Gasteiger partial charge in [0.25, 0.3) is 0 Å². The second-order valence-electron chi connectivity index (χ2n) is 3.73. The molecule has 1 saturated carbocycles. The Morgan fingerprint density at radius 2 is 1.92 bits per heavy atom. The molecule has 0 bridgehead atoms. The molecule has 1 aromatic carbocycles. The van der Waals surface area contributed by atoms with Crippen molar-refractivity contribution in [2.45, 2.75) is 24.8 Å². The minimum absolute atomic E-state index is 0.213. The fraction of sp³-hybridized carbons (Fsp3) is 0.400. The van der Waals surface area contributed by atoms with Crippen LogP contribution in [0.2, 0.25) is 5.02 Å². The van der Waals surface area contributed by atoms with E-state index in [0.717, 1.165) is 11.4 Å². The van der Waals surface area contributed by atoms with Crippen molar-refractivity contribution >= 4 is 11.6 Å². The third-order valence-electron chi connectivity index (χ3n) is 2.81. The molecule has 0 saturated heterocycles. The topological polar surface area (TPSA) is 26.0 Å². The van der Waals surface area contributed by atoms with Crippen LogP contribution in [0, 0.1) is 0 Å². The van der Waals surface area contributed by atoms with E-state index in [4.69, 9.17) is 17.3 Å². The molecule has 64 valence electrons. The number of rotatable bonds is 1. The van der Waals surface area contributed by atoms with Crippen LogP contribution in [0.25, 0.3) is 0 Å². The summed E-state index contributed by atoms with van der Waals surface area (Å²) in [6.45, 7) is 2.20. The van der Waals surface area contributed by atoms with Crippen molar-refractivity contribution in [1.29, 1.82) is 0 Å². The molecule has 0 aromatic heterocycles. The van der Waals surface area contributed by atoms with Gasteiger partial charge in [-0.25, -0.2) is 0 Å². The van der Waals surface area contributed by atoms with Crippen LogP contribution in [0.15, 0.2) is 24.3 Å². The maximum atomic E-state index is 5.84. The lowest BCUT2D eigenvalue weighted by molar-refractivity contribution is 0.741. The molecule has 12 heavy (non-hydrogen) atoms. The Kier molecular flexibility index (Phi) is 1.67. The average Bonchev–Trinajstić information content (AvgIpc) is 2.62. The normalized spacial score (nSPS) is 33.4. The number of hydrogen-bond donors (Lipinski definition) is 1. The summed E-state index contributed by atoms with van der Waals surface area (Å²) in [5, 5.41) is 0.788. The predicted octanol–water partition coefficient (Wildman–Crippen LogP) is 2.33. The van der Waals surface area contributed by atoms with Crippen molar-refractivity contribution in [3.63, 3.8) is 0 Å². The van der Waals surface area contributed by atoms with Gasteiger partial charge in [0.15, 0.2) is 0 Å². The molecule has 1 fully saturated rings. The fourth-order valence-corrected chi connectivity index (χ4v) is 1.69. The van der Waals surface area contributed by atoms with Crippen LogP contribution in [-0.4, -0.2) is 6.04 Å². The van der Waals surface area contributed by atoms with Gasteiger partial charge in [0.05, 0.1) is 0 Å². The maximum Gasteiger partial charge on any atom is 0.0406 e. The van der Waals surface area contributed by atoms with Crippen LogP contribution < -0.4 is 5.73 Å². The molecule has 2 heteroatoms. The molecular weight excluding hydrogens is 170 g/mol. The molecule has 0 spiro atoms. The van der Waals surface area contributed by atoms with Gasteiger partial charge in [-0.3, -0.25) is 0 Å². The number of nitrogens with two attached hydrogens (primary N) is 1. The largest absolute Gasteiger partial charge is 0.327 e. The van der Waals surface area contributed by atoms with Crippen molar-refractivity contribution in [2.75, 3.05) is 0 Å². The molecule has 2 unspecified atom stereocenters. The van der Waals surface area contributed by atoms with Gasteiger partial charge >= 0.3 is 0 Å². The highest BCUT2D eigenvalue weighted by Crippen LogP contribution is 2.46. The van der Waals surface area contributed by atoms with Crippen LogP contribution >= 0.6 is 11.6 Å². The molecule has 1 nitrogen and oxygen atoms in total. The highest BCUT2D eigenvalue weighted by molar-refractivity contribution is 6.30. The van der Waals surface area contributed by atoms with E-state index >= 15 is 0 Å². The van der Waals surface area contributed by atoms with Crippen LogP contribution in [0.5, 0.6) is 0 Å². The third kappa shape index (κ3) is 1.13. The first-order chi connectivity index (χ1) is 5.63. The van der Waals surface area contributed by atoms with Crippen molar-refractivity contribution in [1.82, 2.24) is 0 Å². The highest BCUT2D eigenvalue weighted by Gasteiger charge is 2.48. The van der Waals surface area contributed by atoms with Gasteiger partial charge in [-0.05, 0) is 24.1 Å². The Morgan fingerprint density at radius 1 is 1.42 bits per heavy atom. The zero-order valence-electron chi connectivity index (χ0n) is 7.05. The summed E-state index contributed by atoms with van der Waals surface area (Å²) in [4.78, 5) is 0. The van der Waals surface area contributed by atoms with Gasteiger partial charge in [0.1, 0.15) is 0 Å². The molecule has 0 radical (unpaired) electrons. The third-order valence-corrected chi connectivity index (χ3v) is 3.06. The molecule has 2 N–H and O–H groups in total. The summed E-state index contributed by atoms with van der Waals surface area (Å²) < 4.78 is 0. The molecule has 0 aliphatic heterocycles. The van der Waals surface area contributed by atoms with E-state index in [2.05, 4.69) is 19.1 Å². The SMILES string of the molecule is CC1(c2ccc(Cl)cc2)CC1N. The first-order valence-corrected chi connectivity index (χ1v) is 4.52. The Labute approximate surface area is 77.5 Å². The number of hydrogen-bond acceptors (Lipinski definition) is 1. The Hall–Kier alpha value is -0.530. The monoisotopic (exact) mass is 181 g/mol. The van der Waals surface area contributed by atoms with Gasteiger partial charge in [0.2, 0.25) is 0 Å². The molecule has 1 aromatic rings. The first kappa shape index (κ1) is 8.09. The molecule has 1 aliphatic rings. The lowest BCUT2D eigenvalue weighted by Crippen LogP contribution is -2.14. The molecule has 2 atom stereocenters. The summed E-state index contributed by atoms with van der Waals surface area (Å²) in [6.07, 6.45) is 1.09. The zero-order valence-corrected chi connectivity index (χ0v) is 7.81. The predicted molar refractivity (Wildman–Crippen MR) is 51.4 cm³/mol. The van der Waals surface area contributed by atoms with E-state index in [1.807, 2.05) is 12.1 Å². The summed E-state index contributed by atoms with van der Waals surface area (Å²) in [5.41, 5.74) is 7.36. The minimum Gasteiger partial charge on any atom is -0.327 e. The lowest BCUT2D eigenvalue weighted by atomic mass is 9.98. The van der Waals surface area contributed by atoms with Gasteiger partial charge in [-0.1, -0.05) is 30.7 Å². The quantitative estimate of drug-likeness (QED) is 0.707. The maximum absolute atomic E-state index is 5.84. The van der Waals surface area contributed by atoms with Gasteiger partial charge < -0.3 is 5.73 Å². The molecular formula is C10H12ClN. The van der Waals surface area contributed by atoms with Crippen LogP contribution in [0.3, 0.4) is 0 Å². The number of halogens is 1. The van der Waals surface area contributed by atoms with E-state index in [9.17, 15) is 0 Å². The lowest BCUT2D eigenvalue weighted by Gasteiger charge is -2.09. The van der Waals surface area contributed by atoms with Crippen molar-refractivity contribution in [2.24, 2.45) is 5.73 Å². The van der Waals surface area contributed by atoms with E-state index in [1.165, 1.54) is 5.56 Å². The van der Waals surface area contributed by atoms with Crippen molar-refractivity contribution in [3.8, 4) is 0 Å². The highest BCUT2D eigenvalue weighted by atomic mass is 35.5. The van der Waals surface area contributed by atoms with Crippen LogP contribution in [0.1, 0.15) is 18.9 Å². The van der Waals surface area contributed by atoms with E-state index in [0.29, 0.717) is 6.04 Å². The summed E-state index contributed by atoms with van der Waals surface area (Å²) in [7, 11) is 0. The second-order valence-corrected chi connectivity index (χ2v) is 4.17. The minimum atomic E-state index is 0.213. The van der Waals surface area contributed by atoms with Gasteiger partial charge in [0, 0.05) is 16.5 Å². The standard InChI is InChI=1S/C10H12ClN/c1-10(6-9(10)12)7-2-4-8(11)5-3-7/h2-5,9H,6,12H2,1H3. The van der Waals surface area contributed by atoms with E-state index in [1.54, 1.807) is 0 Å². The zero-order chi connectivity index (χ0) is 8.77.